The Morgan fingerprint density at radius 2 is 1.89 bits per heavy atom. The van der Waals surface area contributed by atoms with Crippen LogP contribution in [0.4, 0.5) is 5.82 Å². The third-order valence-corrected chi connectivity index (χ3v) is 4.64. The van der Waals surface area contributed by atoms with E-state index in [0.717, 1.165) is 21.2 Å². The van der Waals surface area contributed by atoms with E-state index in [4.69, 9.17) is 0 Å². The van der Waals surface area contributed by atoms with Gasteiger partial charge in [0.25, 0.3) is 0 Å². The minimum Gasteiger partial charge on any atom is -0.310 e. The molecule has 0 atom stereocenters. The van der Waals surface area contributed by atoms with Gasteiger partial charge in [-0.1, -0.05) is 42.5 Å². The molecule has 1 aromatic heterocycles. The van der Waals surface area contributed by atoms with Gasteiger partial charge in [-0.05, 0) is 57.9 Å². The minimum absolute atomic E-state index is 0.114. The van der Waals surface area contributed by atoms with Crippen LogP contribution in [-0.4, -0.2) is 29.4 Å². The van der Waals surface area contributed by atoms with Gasteiger partial charge in [0, 0.05) is 17.2 Å². The Kier molecular flexibility index (Phi) is 6.53. The Morgan fingerprint density at radius 3 is 2.57 bits per heavy atom. The number of likely N-dealkylation sites (N-methyl/N-ethyl adjacent to an activating group) is 1. The molecule has 0 unspecified atom stereocenters. The van der Waals surface area contributed by atoms with Crippen molar-refractivity contribution in [2.24, 2.45) is 0 Å². The molecule has 1 N–H and O–H groups in total. The van der Waals surface area contributed by atoms with Crippen molar-refractivity contribution in [3.63, 3.8) is 0 Å². The SMILES string of the molecule is CN(CC(=O)Nc1ccc(Br)cn1)Cc1ccc(-c2ccccc2C#N)cc1. The third kappa shape index (κ3) is 5.26. The van der Waals surface area contributed by atoms with Gasteiger partial charge in [0.2, 0.25) is 5.91 Å². The number of amides is 1. The van der Waals surface area contributed by atoms with Crippen LogP contribution in [-0.2, 0) is 11.3 Å². The maximum Gasteiger partial charge on any atom is 0.239 e. The molecule has 28 heavy (non-hydrogen) atoms. The number of nitrogens with zero attached hydrogens (tertiary/aromatic N) is 3. The second kappa shape index (κ2) is 9.27. The fourth-order valence-corrected chi connectivity index (χ4v) is 3.10. The number of pyridine rings is 1. The van der Waals surface area contributed by atoms with E-state index in [1.165, 1.54) is 0 Å². The highest BCUT2D eigenvalue weighted by Crippen LogP contribution is 2.23. The first-order valence-corrected chi connectivity index (χ1v) is 9.53. The molecule has 6 heteroatoms. The van der Waals surface area contributed by atoms with Gasteiger partial charge >= 0.3 is 0 Å². The lowest BCUT2D eigenvalue weighted by molar-refractivity contribution is -0.117. The summed E-state index contributed by atoms with van der Waals surface area (Å²) in [6.45, 7) is 0.901. The van der Waals surface area contributed by atoms with Crippen molar-refractivity contribution in [1.29, 1.82) is 5.26 Å². The Labute approximate surface area is 172 Å². The molecule has 5 nitrogen and oxygen atoms in total. The number of aromatic nitrogens is 1. The molecule has 3 aromatic rings. The van der Waals surface area contributed by atoms with Gasteiger partial charge in [0.1, 0.15) is 5.82 Å². The third-order valence-electron chi connectivity index (χ3n) is 4.17. The number of carbonyl (C=O) groups excluding carboxylic acids is 1. The van der Waals surface area contributed by atoms with E-state index in [2.05, 4.69) is 32.3 Å². The van der Waals surface area contributed by atoms with Crippen molar-refractivity contribution in [3.05, 3.63) is 82.5 Å². The normalized spacial score (nSPS) is 10.5. The fraction of sp³-hybridized carbons (Fsp3) is 0.136. The molecular formula is C22H19BrN4O. The summed E-state index contributed by atoms with van der Waals surface area (Å²) in [6.07, 6.45) is 1.64. The molecule has 0 aliphatic heterocycles. The number of hydrogen-bond acceptors (Lipinski definition) is 4. The van der Waals surface area contributed by atoms with E-state index in [1.807, 2.05) is 66.5 Å². The summed E-state index contributed by atoms with van der Waals surface area (Å²) in [4.78, 5) is 18.3. The van der Waals surface area contributed by atoms with Gasteiger partial charge in [-0.2, -0.15) is 5.26 Å². The second-order valence-electron chi connectivity index (χ2n) is 6.44. The van der Waals surface area contributed by atoms with Crippen LogP contribution >= 0.6 is 15.9 Å². The van der Waals surface area contributed by atoms with Crippen molar-refractivity contribution in [3.8, 4) is 17.2 Å². The number of anilines is 1. The van der Waals surface area contributed by atoms with Crippen molar-refractivity contribution in [2.75, 3.05) is 18.9 Å². The van der Waals surface area contributed by atoms with Gasteiger partial charge in [0.15, 0.2) is 0 Å². The van der Waals surface area contributed by atoms with Crippen LogP contribution in [0.2, 0.25) is 0 Å². The molecule has 0 spiro atoms. The smallest absolute Gasteiger partial charge is 0.239 e. The Morgan fingerprint density at radius 1 is 1.14 bits per heavy atom. The summed E-state index contributed by atoms with van der Waals surface area (Å²) in [5.41, 5.74) is 3.68. The first-order valence-electron chi connectivity index (χ1n) is 8.73. The highest BCUT2D eigenvalue weighted by Gasteiger charge is 2.09. The van der Waals surface area contributed by atoms with E-state index < -0.39 is 0 Å². The van der Waals surface area contributed by atoms with E-state index in [9.17, 15) is 10.1 Å². The average molecular weight is 435 g/mol. The lowest BCUT2D eigenvalue weighted by Gasteiger charge is -2.16. The van der Waals surface area contributed by atoms with Gasteiger partial charge < -0.3 is 5.32 Å². The number of hydrogen-bond donors (Lipinski definition) is 1. The first kappa shape index (κ1) is 19.7. The molecule has 140 valence electrons. The van der Waals surface area contributed by atoms with Crippen LogP contribution in [0, 0.1) is 11.3 Å². The summed E-state index contributed by atoms with van der Waals surface area (Å²) in [6, 6.07) is 21.4. The predicted octanol–water partition coefficient (Wildman–Crippen LogP) is 4.45. The Balaban J connectivity index is 1.58. The van der Waals surface area contributed by atoms with Crippen LogP contribution < -0.4 is 5.32 Å². The summed E-state index contributed by atoms with van der Waals surface area (Å²) in [5.74, 6) is 0.416. The molecule has 1 amide bonds. The Bertz CT molecular complexity index is 994. The zero-order valence-electron chi connectivity index (χ0n) is 15.4. The standard InChI is InChI=1S/C22H19BrN4O/c1-27(15-22(28)26-21-11-10-19(23)13-25-21)14-16-6-8-17(9-7-16)20-5-3-2-4-18(20)12-24/h2-11,13H,14-15H2,1H3,(H,25,26,28). The average Bonchev–Trinajstić information content (AvgIpc) is 2.70. The summed E-state index contributed by atoms with van der Waals surface area (Å²) in [7, 11) is 1.90. The maximum absolute atomic E-state index is 12.2. The van der Waals surface area contributed by atoms with Crippen molar-refractivity contribution < 1.29 is 4.79 Å². The van der Waals surface area contributed by atoms with Gasteiger partial charge in [0.05, 0.1) is 18.2 Å². The second-order valence-corrected chi connectivity index (χ2v) is 7.35. The topological polar surface area (TPSA) is 69.0 Å². The molecule has 2 aromatic carbocycles. The molecule has 0 bridgehead atoms. The number of benzene rings is 2. The number of carbonyl (C=O) groups is 1. The molecule has 0 fully saturated rings. The van der Waals surface area contributed by atoms with Crippen molar-refractivity contribution in [2.45, 2.75) is 6.54 Å². The largest absolute Gasteiger partial charge is 0.310 e. The molecule has 1 heterocycles. The van der Waals surface area contributed by atoms with Crippen LogP contribution in [0.5, 0.6) is 0 Å². The minimum atomic E-state index is -0.114. The van der Waals surface area contributed by atoms with E-state index in [0.29, 0.717) is 17.9 Å². The molecule has 3 rings (SSSR count). The lowest BCUT2D eigenvalue weighted by atomic mass is 9.99. The van der Waals surface area contributed by atoms with Crippen LogP contribution in [0.15, 0.2) is 71.3 Å². The summed E-state index contributed by atoms with van der Waals surface area (Å²) < 4.78 is 0.864. The summed E-state index contributed by atoms with van der Waals surface area (Å²) in [5, 5.41) is 12.0. The summed E-state index contributed by atoms with van der Waals surface area (Å²) >= 11 is 3.32. The zero-order chi connectivity index (χ0) is 19.9. The first-order chi connectivity index (χ1) is 13.5. The monoisotopic (exact) mass is 434 g/mol. The molecule has 0 aliphatic rings. The lowest BCUT2D eigenvalue weighted by Crippen LogP contribution is -2.30. The Hall–Kier alpha value is -3.01. The molecular weight excluding hydrogens is 416 g/mol. The number of nitriles is 1. The van der Waals surface area contributed by atoms with Crippen LogP contribution in [0.25, 0.3) is 11.1 Å². The predicted molar refractivity (Wildman–Crippen MR) is 113 cm³/mol. The van der Waals surface area contributed by atoms with E-state index in [-0.39, 0.29) is 12.5 Å². The highest BCUT2D eigenvalue weighted by atomic mass is 79.9. The zero-order valence-corrected chi connectivity index (χ0v) is 17.0. The van der Waals surface area contributed by atoms with Crippen LogP contribution in [0.1, 0.15) is 11.1 Å². The fourth-order valence-electron chi connectivity index (χ4n) is 2.87. The van der Waals surface area contributed by atoms with Gasteiger partial charge in [-0.15, -0.1) is 0 Å². The quantitative estimate of drug-likeness (QED) is 0.621. The van der Waals surface area contributed by atoms with E-state index in [1.54, 1.807) is 12.3 Å². The van der Waals surface area contributed by atoms with Crippen molar-refractivity contribution in [1.82, 2.24) is 9.88 Å². The maximum atomic E-state index is 12.2. The number of halogens is 1. The van der Waals surface area contributed by atoms with Gasteiger partial charge in [-0.3, -0.25) is 9.69 Å². The molecule has 0 aliphatic carbocycles. The highest BCUT2D eigenvalue weighted by molar-refractivity contribution is 9.10. The van der Waals surface area contributed by atoms with E-state index >= 15 is 0 Å². The molecule has 0 saturated heterocycles. The van der Waals surface area contributed by atoms with Gasteiger partial charge in [-0.25, -0.2) is 4.98 Å². The molecule has 0 saturated carbocycles. The molecule has 0 radical (unpaired) electrons. The van der Waals surface area contributed by atoms with Crippen molar-refractivity contribution >= 4 is 27.7 Å². The van der Waals surface area contributed by atoms with Crippen LogP contribution in [0.3, 0.4) is 0 Å². The number of nitrogens with one attached hydrogen (secondary N) is 1. The number of rotatable bonds is 6.